The van der Waals surface area contributed by atoms with Crippen LogP contribution in [-0.4, -0.2) is 29.1 Å². The van der Waals surface area contributed by atoms with Gasteiger partial charge >= 0.3 is 0 Å². The van der Waals surface area contributed by atoms with Crippen molar-refractivity contribution in [1.29, 1.82) is 0 Å². The smallest absolute Gasteiger partial charge is 0.214 e. The van der Waals surface area contributed by atoms with Crippen LogP contribution in [0.3, 0.4) is 0 Å². The summed E-state index contributed by atoms with van der Waals surface area (Å²) >= 11 is 1.51. The minimum atomic E-state index is 0.294. The molecule has 0 saturated heterocycles. The van der Waals surface area contributed by atoms with Crippen LogP contribution in [-0.2, 0) is 6.61 Å². The lowest BCUT2D eigenvalue weighted by atomic mass is 10.2. The molecule has 2 heterocycles. The fourth-order valence-corrected chi connectivity index (χ4v) is 3.32. The fourth-order valence-electron chi connectivity index (χ4n) is 2.56. The van der Waals surface area contributed by atoms with Gasteiger partial charge in [0.15, 0.2) is 5.82 Å². The zero-order chi connectivity index (χ0) is 18.6. The van der Waals surface area contributed by atoms with E-state index < -0.39 is 0 Å². The molecule has 1 aliphatic rings. The first-order valence-corrected chi connectivity index (χ1v) is 9.14. The van der Waals surface area contributed by atoms with Crippen molar-refractivity contribution in [2.75, 3.05) is 19.6 Å². The molecule has 0 spiro atoms. The average Bonchev–Trinajstić information content (AvgIpc) is 3.15. The first kappa shape index (κ1) is 17.3. The third-order valence-corrected chi connectivity index (χ3v) is 4.87. The number of nitrogens with zero attached hydrogens (tertiary/aromatic N) is 3. The number of ether oxygens (including phenoxy) is 3. The first-order chi connectivity index (χ1) is 13.3. The second kappa shape index (κ2) is 7.63. The molecule has 0 unspecified atom stereocenters. The van der Waals surface area contributed by atoms with Crippen LogP contribution in [0.2, 0.25) is 0 Å². The lowest BCUT2D eigenvalue weighted by molar-refractivity contribution is 0.290. The van der Waals surface area contributed by atoms with Gasteiger partial charge in [-0.15, -0.1) is 10.2 Å². The summed E-state index contributed by atoms with van der Waals surface area (Å²) in [4.78, 5) is 0. The molecule has 0 aliphatic carbocycles. The average molecular weight is 382 g/mol. The van der Waals surface area contributed by atoms with Crippen LogP contribution in [0.15, 0.2) is 59.1 Å². The highest BCUT2D eigenvalue weighted by molar-refractivity contribution is 8.02. The lowest BCUT2D eigenvalue weighted by Gasteiger charge is -2.19. The minimum absolute atomic E-state index is 0.294. The van der Waals surface area contributed by atoms with Crippen LogP contribution in [0.25, 0.3) is 5.70 Å². The Morgan fingerprint density at radius 3 is 2.19 bits per heavy atom. The summed E-state index contributed by atoms with van der Waals surface area (Å²) in [7, 11) is 3.29. The Labute approximate surface area is 160 Å². The number of benzene rings is 2. The van der Waals surface area contributed by atoms with Crippen LogP contribution in [0, 0.1) is 0 Å². The van der Waals surface area contributed by atoms with E-state index in [0.29, 0.717) is 12.4 Å². The maximum absolute atomic E-state index is 5.82. The molecule has 7 nitrogen and oxygen atoms in total. The van der Waals surface area contributed by atoms with Crippen molar-refractivity contribution >= 4 is 17.5 Å². The van der Waals surface area contributed by atoms with Gasteiger partial charge in [-0.1, -0.05) is 11.8 Å². The van der Waals surface area contributed by atoms with Crippen LogP contribution >= 0.6 is 11.8 Å². The van der Waals surface area contributed by atoms with E-state index in [-0.39, 0.29) is 0 Å². The molecule has 0 fully saturated rings. The highest BCUT2D eigenvalue weighted by Gasteiger charge is 2.18. The van der Waals surface area contributed by atoms with Gasteiger partial charge in [-0.2, -0.15) is 0 Å². The molecule has 0 radical (unpaired) electrons. The van der Waals surface area contributed by atoms with Crippen LogP contribution in [0.1, 0.15) is 11.4 Å². The zero-order valence-corrected chi connectivity index (χ0v) is 15.7. The summed E-state index contributed by atoms with van der Waals surface area (Å²) in [6.45, 7) is 0.294. The van der Waals surface area contributed by atoms with Crippen molar-refractivity contribution in [3.05, 3.63) is 65.3 Å². The maximum atomic E-state index is 5.82. The molecule has 0 bridgehead atoms. The standard InChI is InChI=1S/C19H18N4O3S/c1-24-14-5-3-13(4-6-14)17-12-27-19-21-20-18(23(19)22-17)11-26-16-9-7-15(25-2)8-10-16/h3-10,12,22H,11H2,1-2H3. The van der Waals surface area contributed by atoms with E-state index in [2.05, 4.69) is 15.6 Å². The van der Waals surface area contributed by atoms with E-state index in [1.54, 1.807) is 14.2 Å². The van der Waals surface area contributed by atoms with Gasteiger partial charge in [-0.05, 0) is 48.5 Å². The molecule has 1 aliphatic heterocycles. The summed E-state index contributed by atoms with van der Waals surface area (Å²) in [5.41, 5.74) is 5.35. The molecule has 0 atom stereocenters. The Kier molecular flexibility index (Phi) is 4.88. The van der Waals surface area contributed by atoms with Crippen molar-refractivity contribution in [3.8, 4) is 17.2 Å². The van der Waals surface area contributed by atoms with Crippen molar-refractivity contribution in [1.82, 2.24) is 14.9 Å². The van der Waals surface area contributed by atoms with Gasteiger partial charge in [0.2, 0.25) is 5.16 Å². The molecule has 27 heavy (non-hydrogen) atoms. The topological polar surface area (TPSA) is 70.4 Å². The highest BCUT2D eigenvalue weighted by atomic mass is 32.2. The Balaban J connectivity index is 1.47. The number of nitrogens with one attached hydrogen (secondary N) is 1. The normalized spacial score (nSPS) is 12.6. The molecule has 4 rings (SSSR count). The second-order valence-electron chi connectivity index (χ2n) is 5.69. The van der Waals surface area contributed by atoms with E-state index in [0.717, 1.165) is 33.7 Å². The SMILES string of the molecule is COc1ccc(OCc2nnc3n2NC(c2ccc(OC)cc2)=CS3)cc1. The summed E-state index contributed by atoms with van der Waals surface area (Å²) in [5, 5.41) is 11.2. The summed E-state index contributed by atoms with van der Waals surface area (Å²) in [5.74, 6) is 3.03. The molecule has 2 aromatic carbocycles. The molecular formula is C19H18N4O3S. The number of hydrogen-bond donors (Lipinski definition) is 1. The number of rotatable bonds is 6. The largest absolute Gasteiger partial charge is 0.497 e. The lowest BCUT2D eigenvalue weighted by Crippen LogP contribution is -2.20. The summed E-state index contributed by atoms with van der Waals surface area (Å²) in [6.07, 6.45) is 0. The maximum Gasteiger partial charge on any atom is 0.214 e. The van der Waals surface area contributed by atoms with Gasteiger partial charge < -0.3 is 14.2 Å². The summed E-state index contributed by atoms with van der Waals surface area (Å²) in [6, 6.07) is 15.3. The predicted molar refractivity (Wildman–Crippen MR) is 104 cm³/mol. The second-order valence-corrected chi connectivity index (χ2v) is 6.52. The van der Waals surface area contributed by atoms with E-state index in [1.165, 1.54) is 11.8 Å². The van der Waals surface area contributed by atoms with E-state index in [9.17, 15) is 0 Å². The van der Waals surface area contributed by atoms with Crippen molar-refractivity contribution in [2.45, 2.75) is 11.8 Å². The minimum Gasteiger partial charge on any atom is -0.497 e. The third kappa shape index (κ3) is 3.70. The van der Waals surface area contributed by atoms with Crippen molar-refractivity contribution in [3.63, 3.8) is 0 Å². The Morgan fingerprint density at radius 1 is 0.889 bits per heavy atom. The molecule has 1 aromatic heterocycles. The number of methoxy groups -OCH3 is 2. The van der Waals surface area contributed by atoms with Gasteiger partial charge in [0.1, 0.15) is 23.9 Å². The zero-order valence-electron chi connectivity index (χ0n) is 14.9. The highest BCUT2D eigenvalue weighted by Crippen LogP contribution is 2.29. The van der Waals surface area contributed by atoms with E-state index in [4.69, 9.17) is 14.2 Å². The van der Waals surface area contributed by atoms with Crippen molar-refractivity contribution in [2.24, 2.45) is 0 Å². The number of thioether (sulfide) groups is 1. The molecule has 3 aromatic rings. The van der Waals surface area contributed by atoms with Crippen LogP contribution in [0.4, 0.5) is 0 Å². The molecule has 138 valence electrons. The Hall–Kier alpha value is -3.13. The van der Waals surface area contributed by atoms with Gasteiger partial charge in [-0.3, -0.25) is 5.43 Å². The Morgan fingerprint density at radius 2 is 1.52 bits per heavy atom. The molecule has 0 saturated carbocycles. The van der Waals surface area contributed by atoms with Gasteiger partial charge in [-0.25, -0.2) is 4.68 Å². The molecular weight excluding hydrogens is 364 g/mol. The third-order valence-electron chi connectivity index (χ3n) is 4.04. The number of hydrogen-bond acceptors (Lipinski definition) is 7. The number of fused-ring (bicyclic) bond motifs is 1. The Bertz CT molecular complexity index is 952. The van der Waals surface area contributed by atoms with Crippen LogP contribution in [0.5, 0.6) is 17.2 Å². The molecule has 0 amide bonds. The van der Waals surface area contributed by atoms with E-state index >= 15 is 0 Å². The molecule has 1 N–H and O–H groups in total. The molecule has 8 heteroatoms. The number of aromatic nitrogens is 3. The monoisotopic (exact) mass is 382 g/mol. The predicted octanol–water partition coefficient (Wildman–Crippen LogP) is 3.52. The van der Waals surface area contributed by atoms with Gasteiger partial charge in [0.05, 0.1) is 19.9 Å². The van der Waals surface area contributed by atoms with E-state index in [1.807, 2.05) is 58.6 Å². The quantitative estimate of drug-likeness (QED) is 0.699. The fraction of sp³-hybridized carbons (Fsp3) is 0.158. The summed E-state index contributed by atoms with van der Waals surface area (Å²) < 4.78 is 18.0. The van der Waals surface area contributed by atoms with Crippen LogP contribution < -0.4 is 19.6 Å². The van der Waals surface area contributed by atoms with Crippen molar-refractivity contribution < 1.29 is 14.2 Å². The van der Waals surface area contributed by atoms with Gasteiger partial charge in [0.25, 0.3) is 0 Å². The van der Waals surface area contributed by atoms with Gasteiger partial charge in [0, 0.05) is 11.0 Å². The first-order valence-electron chi connectivity index (χ1n) is 8.26.